The van der Waals surface area contributed by atoms with Crippen molar-refractivity contribution >= 4 is 0 Å². The average molecular weight is 284 g/mol. The smallest absolute Gasteiger partial charge is 0.104 e. The third kappa shape index (κ3) is 4.42. The van der Waals surface area contributed by atoms with Crippen LogP contribution in [0.2, 0.25) is 0 Å². The Kier molecular flexibility index (Phi) is 4.97. The first-order chi connectivity index (χ1) is 9.72. The minimum absolute atomic E-state index is 0.372. The predicted octanol–water partition coefficient (Wildman–Crippen LogP) is 2.40. The molecule has 0 N–H and O–H groups in total. The van der Waals surface area contributed by atoms with Crippen LogP contribution in [0.25, 0.3) is 0 Å². The first kappa shape index (κ1) is 14.8. The molecule has 4 unspecified atom stereocenters. The highest BCUT2D eigenvalue weighted by Crippen LogP contribution is 2.34. The second kappa shape index (κ2) is 6.73. The lowest BCUT2D eigenvalue weighted by Gasteiger charge is -2.34. The zero-order valence-corrected chi connectivity index (χ0v) is 12.8. The molecule has 0 aromatic rings. The zero-order chi connectivity index (χ0) is 13.9. The molecular formula is C16H28O4. The Morgan fingerprint density at radius 2 is 1.15 bits per heavy atom. The number of epoxide rings is 2. The zero-order valence-electron chi connectivity index (χ0n) is 12.8. The van der Waals surface area contributed by atoms with E-state index in [1.54, 1.807) is 0 Å². The third-order valence-electron chi connectivity index (χ3n) is 5.04. The third-order valence-corrected chi connectivity index (χ3v) is 5.04. The van der Waals surface area contributed by atoms with Crippen molar-refractivity contribution in [3.05, 3.63) is 0 Å². The SMILES string of the molecule is CC(OCC1CO1)C1CCC(C(C)OCC2CO2)CC1. The Morgan fingerprint density at radius 1 is 0.800 bits per heavy atom. The summed E-state index contributed by atoms with van der Waals surface area (Å²) in [6.07, 6.45) is 6.58. The van der Waals surface area contributed by atoms with Gasteiger partial charge >= 0.3 is 0 Å². The van der Waals surface area contributed by atoms with E-state index >= 15 is 0 Å². The molecule has 0 bridgehead atoms. The summed E-state index contributed by atoms with van der Waals surface area (Å²) in [6, 6.07) is 0. The van der Waals surface area contributed by atoms with Crippen molar-refractivity contribution in [1.29, 1.82) is 0 Å². The van der Waals surface area contributed by atoms with Crippen LogP contribution in [-0.4, -0.2) is 50.8 Å². The van der Waals surface area contributed by atoms with E-state index in [0.717, 1.165) is 26.4 Å². The van der Waals surface area contributed by atoms with Crippen LogP contribution in [0.3, 0.4) is 0 Å². The number of hydrogen-bond donors (Lipinski definition) is 0. The van der Waals surface area contributed by atoms with Crippen molar-refractivity contribution in [2.24, 2.45) is 11.8 Å². The van der Waals surface area contributed by atoms with Crippen molar-refractivity contribution in [1.82, 2.24) is 0 Å². The predicted molar refractivity (Wildman–Crippen MR) is 75.8 cm³/mol. The molecule has 4 atom stereocenters. The van der Waals surface area contributed by atoms with Crippen LogP contribution < -0.4 is 0 Å². The lowest BCUT2D eigenvalue weighted by Crippen LogP contribution is -2.31. The van der Waals surface area contributed by atoms with Gasteiger partial charge in [0.2, 0.25) is 0 Å². The van der Waals surface area contributed by atoms with E-state index in [1.807, 2.05) is 0 Å². The van der Waals surface area contributed by atoms with Crippen molar-refractivity contribution in [3.63, 3.8) is 0 Å². The lowest BCUT2D eigenvalue weighted by atomic mass is 9.78. The number of ether oxygens (including phenoxy) is 4. The summed E-state index contributed by atoms with van der Waals surface area (Å²) < 4.78 is 22.2. The molecule has 3 fully saturated rings. The molecule has 0 aromatic carbocycles. The molecule has 20 heavy (non-hydrogen) atoms. The molecule has 3 aliphatic rings. The van der Waals surface area contributed by atoms with Gasteiger partial charge in [0.05, 0.1) is 38.6 Å². The normalized spacial score (nSPS) is 39.3. The van der Waals surface area contributed by atoms with E-state index in [1.165, 1.54) is 25.7 Å². The van der Waals surface area contributed by atoms with Gasteiger partial charge in [-0.3, -0.25) is 0 Å². The molecule has 4 nitrogen and oxygen atoms in total. The van der Waals surface area contributed by atoms with Gasteiger partial charge in [0.15, 0.2) is 0 Å². The molecular weight excluding hydrogens is 256 g/mol. The van der Waals surface area contributed by atoms with Gasteiger partial charge in [-0.2, -0.15) is 0 Å². The van der Waals surface area contributed by atoms with Crippen LogP contribution in [0.5, 0.6) is 0 Å². The lowest BCUT2D eigenvalue weighted by molar-refractivity contribution is -0.0273. The van der Waals surface area contributed by atoms with Crippen molar-refractivity contribution in [3.8, 4) is 0 Å². The Bertz CT molecular complexity index is 263. The average Bonchev–Trinajstić information content (AvgIpc) is 3.37. The van der Waals surface area contributed by atoms with E-state index < -0.39 is 0 Å². The maximum atomic E-state index is 5.92. The second-order valence-corrected chi connectivity index (χ2v) is 6.66. The highest BCUT2D eigenvalue weighted by Gasteiger charge is 2.31. The van der Waals surface area contributed by atoms with E-state index in [4.69, 9.17) is 18.9 Å². The minimum atomic E-state index is 0.372. The van der Waals surface area contributed by atoms with Gasteiger partial charge in [-0.15, -0.1) is 0 Å². The fourth-order valence-electron chi connectivity index (χ4n) is 3.20. The van der Waals surface area contributed by atoms with Crippen LogP contribution in [0.1, 0.15) is 39.5 Å². The summed E-state index contributed by atoms with van der Waals surface area (Å²) in [7, 11) is 0. The summed E-state index contributed by atoms with van der Waals surface area (Å²) in [5, 5.41) is 0. The van der Waals surface area contributed by atoms with Gasteiger partial charge in [0.1, 0.15) is 12.2 Å². The molecule has 2 saturated heterocycles. The molecule has 116 valence electrons. The quantitative estimate of drug-likeness (QED) is 0.642. The molecule has 0 radical (unpaired) electrons. The molecule has 2 aliphatic heterocycles. The van der Waals surface area contributed by atoms with Crippen LogP contribution in [0.15, 0.2) is 0 Å². The van der Waals surface area contributed by atoms with Crippen LogP contribution in [0, 0.1) is 11.8 Å². The van der Waals surface area contributed by atoms with E-state index in [-0.39, 0.29) is 0 Å². The number of rotatable bonds is 8. The summed E-state index contributed by atoms with van der Waals surface area (Å²) in [5.74, 6) is 1.42. The van der Waals surface area contributed by atoms with E-state index in [0.29, 0.717) is 36.3 Å². The molecule has 2 heterocycles. The molecule has 4 heteroatoms. The Hall–Kier alpha value is -0.160. The topological polar surface area (TPSA) is 43.5 Å². The first-order valence-electron chi connectivity index (χ1n) is 8.18. The molecule has 0 amide bonds. The summed E-state index contributed by atoms with van der Waals surface area (Å²) >= 11 is 0. The van der Waals surface area contributed by atoms with Crippen molar-refractivity contribution in [2.45, 2.75) is 63.9 Å². The number of hydrogen-bond acceptors (Lipinski definition) is 4. The van der Waals surface area contributed by atoms with Crippen LogP contribution in [-0.2, 0) is 18.9 Å². The maximum absolute atomic E-state index is 5.92. The highest BCUT2D eigenvalue weighted by atomic mass is 16.6. The minimum Gasteiger partial charge on any atom is -0.375 e. The van der Waals surface area contributed by atoms with Crippen molar-refractivity contribution < 1.29 is 18.9 Å². The fraction of sp³-hybridized carbons (Fsp3) is 1.00. The second-order valence-electron chi connectivity index (χ2n) is 6.66. The van der Waals surface area contributed by atoms with Crippen LogP contribution in [0.4, 0.5) is 0 Å². The molecule has 0 spiro atoms. The first-order valence-corrected chi connectivity index (χ1v) is 8.18. The monoisotopic (exact) mass is 284 g/mol. The molecule has 1 saturated carbocycles. The summed E-state index contributed by atoms with van der Waals surface area (Å²) in [6.45, 7) is 7.78. The highest BCUT2D eigenvalue weighted by molar-refractivity contribution is 4.80. The molecule has 1 aliphatic carbocycles. The molecule has 3 rings (SSSR count). The Labute approximate surface area is 122 Å². The largest absolute Gasteiger partial charge is 0.375 e. The standard InChI is InChI=1S/C16H28O4/c1-11(17-7-15-9-19-15)13-3-5-14(6-4-13)12(2)18-8-16-10-20-16/h11-16H,3-10H2,1-2H3. The van der Waals surface area contributed by atoms with Gasteiger partial charge in [-0.05, 0) is 51.4 Å². The van der Waals surface area contributed by atoms with E-state index in [9.17, 15) is 0 Å². The van der Waals surface area contributed by atoms with Gasteiger partial charge < -0.3 is 18.9 Å². The van der Waals surface area contributed by atoms with Gasteiger partial charge in [0.25, 0.3) is 0 Å². The van der Waals surface area contributed by atoms with Crippen molar-refractivity contribution in [2.75, 3.05) is 26.4 Å². The Morgan fingerprint density at radius 3 is 1.45 bits per heavy atom. The summed E-state index contributed by atoms with van der Waals surface area (Å²) in [4.78, 5) is 0. The van der Waals surface area contributed by atoms with Gasteiger partial charge in [0, 0.05) is 0 Å². The molecule has 0 aromatic heterocycles. The maximum Gasteiger partial charge on any atom is 0.104 e. The van der Waals surface area contributed by atoms with Crippen LogP contribution >= 0.6 is 0 Å². The van der Waals surface area contributed by atoms with Gasteiger partial charge in [-0.25, -0.2) is 0 Å². The van der Waals surface area contributed by atoms with E-state index in [2.05, 4.69) is 13.8 Å². The Balaban J connectivity index is 1.32. The fourth-order valence-corrected chi connectivity index (χ4v) is 3.20. The summed E-state index contributed by atoms with van der Waals surface area (Å²) in [5.41, 5.74) is 0. The van der Waals surface area contributed by atoms with Gasteiger partial charge in [-0.1, -0.05) is 0 Å².